The van der Waals surface area contributed by atoms with Crippen LogP contribution in [0.3, 0.4) is 0 Å². The van der Waals surface area contributed by atoms with Crippen molar-refractivity contribution in [1.82, 2.24) is 20.1 Å². The summed E-state index contributed by atoms with van der Waals surface area (Å²) in [5.74, 6) is 0. The van der Waals surface area contributed by atoms with Crippen molar-refractivity contribution in [3.05, 3.63) is 48.0 Å². The van der Waals surface area contributed by atoms with Gasteiger partial charge in [0.2, 0.25) is 0 Å². The van der Waals surface area contributed by atoms with Gasteiger partial charge in [0.05, 0.1) is 17.4 Å². The van der Waals surface area contributed by atoms with E-state index < -0.39 is 0 Å². The largest absolute Gasteiger partial charge is 0.311 e. The number of hydrogen-bond acceptors (Lipinski definition) is 3. The number of hydrogen-bond donors (Lipinski definition) is 1. The van der Waals surface area contributed by atoms with E-state index in [1.807, 2.05) is 42.3 Å². The molecule has 0 saturated heterocycles. The van der Waals surface area contributed by atoms with Crippen molar-refractivity contribution in [2.24, 2.45) is 0 Å². The van der Waals surface area contributed by atoms with Crippen LogP contribution in [0.4, 0.5) is 0 Å². The Morgan fingerprint density at radius 2 is 2.11 bits per heavy atom. The SMILES string of the molecule is CNC(Cc1ccn(C(C)C)n1)c1ccccn1. The molecule has 1 N–H and O–H groups in total. The lowest BCUT2D eigenvalue weighted by atomic mass is 10.1. The van der Waals surface area contributed by atoms with E-state index in [9.17, 15) is 0 Å². The van der Waals surface area contributed by atoms with Crippen molar-refractivity contribution >= 4 is 0 Å². The van der Waals surface area contributed by atoms with Crippen molar-refractivity contribution in [3.63, 3.8) is 0 Å². The van der Waals surface area contributed by atoms with Crippen LogP contribution in [0.5, 0.6) is 0 Å². The van der Waals surface area contributed by atoms with Crippen LogP contribution < -0.4 is 5.32 Å². The zero-order valence-corrected chi connectivity index (χ0v) is 11.2. The molecule has 2 aromatic rings. The summed E-state index contributed by atoms with van der Waals surface area (Å²) < 4.78 is 1.99. The number of rotatable bonds is 5. The molecule has 1 unspecified atom stereocenters. The Hall–Kier alpha value is -1.68. The fraction of sp³-hybridized carbons (Fsp3) is 0.429. The first-order chi connectivity index (χ1) is 8.70. The van der Waals surface area contributed by atoms with E-state index in [1.54, 1.807) is 0 Å². The third kappa shape index (κ3) is 2.96. The number of aromatic nitrogens is 3. The molecule has 0 aliphatic carbocycles. The van der Waals surface area contributed by atoms with Gasteiger partial charge >= 0.3 is 0 Å². The van der Waals surface area contributed by atoms with Gasteiger partial charge < -0.3 is 5.32 Å². The Morgan fingerprint density at radius 1 is 1.28 bits per heavy atom. The summed E-state index contributed by atoms with van der Waals surface area (Å²) in [5, 5.41) is 7.87. The van der Waals surface area contributed by atoms with E-state index in [4.69, 9.17) is 0 Å². The van der Waals surface area contributed by atoms with Crippen LogP contribution in [0.25, 0.3) is 0 Å². The first-order valence-electron chi connectivity index (χ1n) is 6.33. The van der Waals surface area contributed by atoms with E-state index in [0.29, 0.717) is 6.04 Å². The van der Waals surface area contributed by atoms with Crippen LogP contribution >= 0.6 is 0 Å². The van der Waals surface area contributed by atoms with Crippen LogP contribution in [0.1, 0.15) is 37.3 Å². The summed E-state index contributed by atoms with van der Waals surface area (Å²) in [6, 6.07) is 8.68. The van der Waals surface area contributed by atoms with Gasteiger partial charge in [-0.15, -0.1) is 0 Å². The van der Waals surface area contributed by atoms with Crippen LogP contribution in [-0.2, 0) is 6.42 Å². The van der Waals surface area contributed by atoms with Gasteiger partial charge in [0, 0.05) is 24.9 Å². The number of nitrogens with one attached hydrogen (secondary N) is 1. The molecule has 0 fully saturated rings. The molecule has 0 aromatic carbocycles. The fourth-order valence-corrected chi connectivity index (χ4v) is 1.92. The summed E-state index contributed by atoms with van der Waals surface area (Å²) >= 11 is 0. The molecule has 4 nitrogen and oxygen atoms in total. The van der Waals surface area contributed by atoms with Crippen molar-refractivity contribution in [1.29, 1.82) is 0 Å². The minimum Gasteiger partial charge on any atom is -0.311 e. The maximum atomic E-state index is 4.57. The van der Waals surface area contributed by atoms with Gasteiger partial charge in [-0.25, -0.2) is 0 Å². The van der Waals surface area contributed by atoms with Crippen LogP contribution in [0.15, 0.2) is 36.7 Å². The summed E-state index contributed by atoms with van der Waals surface area (Å²) in [5.41, 5.74) is 2.15. The van der Waals surface area contributed by atoms with Gasteiger partial charge in [0.1, 0.15) is 0 Å². The third-order valence-electron chi connectivity index (χ3n) is 3.00. The molecule has 0 bridgehead atoms. The smallest absolute Gasteiger partial charge is 0.0644 e. The highest BCUT2D eigenvalue weighted by atomic mass is 15.3. The van der Waals surface area contributed by atoms with Crippen LogP contribution in [0, 0.1) is 0 Å². The number of pyridine rings is 1. The van der Waals surface area contributed by atoms with Crippen LogP contribution in [-0.4, -0.2) is 21.8 Å². The minimum absolute atomic E-state index is 0.210. The van der Waals surface area contributed by atoms with Crippen molar-refractivity contribution < 1.29 is 0 Å². The van der Waals surface area contributed by atoms with Gasteiger partial charge in [-0.2, -0.15) is 5.10 Å². The highest BCUT2D eigenvalue weighted by Crippen LogP contribution is 2.15. The van der Waals surface area contributed by atoms with E-state index in [0.717, 1.165) is 17.8 Å². The molecule has 0 amide bonds. The normalized spacial score (nSPS) is 12.9. The lowest BCUT2D eigenvalue weighted by Gasteiger charge is -2.14. The van der Waals surface area contributed by atoms with E-state index in [1.165, 1.54) is 0 Å². The monoisotopic (exact) mass is 244 g/mol. The zero-order chi connectivity index (χ0) is 13.0. The minimum atomic E-state index is 0.210. The quantitative estimate of drug-likeness (QED) is 0.878. The molecule has 0 aliphatic heterocycles. The molecule has 0 aliphatic rings. The maximum Gasteiger partial charge on any atom is 0.0644 e. The van der Waals surface area contributed by atoms with Gasteiger partial charge in [-0.05, 0) is 39.1 Å². The van der Waals surface area contributed by atoms with Crippen molar-refractivity contribution in [2.45, 2.75) is 32.4 Å². The lowest BCUT2D eigenvalue weighted by molar-refractivity contribution is 0.512. The van der Waals surface area contributed by atoms with Crippen molar-refractivity contribution in [2.75, 3.05) is 7.05 Å². The molecule has 1 atom stereocenters. The highest BCUT2D eigenvalue weighted by molar-refractivity contribution is 5.12. The molecule has 2 aromatic heterocycles. The Bertz CT molecular complexity index is 476. The maximum absolute atomic E-state index is 4.57. The second-order valence-corrected chi connectivity index (χ2v) is 4.68. The molecule has 0 radical (unpaired) electrons. The molecular formula is C14H20N4. The zero-order valence-electron chi connectivity index (χ0n) is 11.2. The molecule has 96 valence electrons. The molecular weight excluding hydrogens is 224 g/mol. The highest BCUT2D eigenvalue weighted by Gasteiger charge is 2.13. The Balaban J connectivity index is 2.10. The second kappa shape index (κ2) is 5.78. The molecule has 18 heavy (non-hydrogen) atoms. The summed E-state index contributed by atoms with van der Waals surface area (Å²) in [6.07, 6.45) is 4.71. The third-order valence-corrected chi connectivity index (χ3v) is 3.00. The Morgan fingerprint density at radius 3 is 2.67 bits per heavy atom. The Kier molecular flexibility index (Phi) is 4.10. The fourth-order valence-electron chi connectivity index (χ4n) is 1.92. The molecule has 0 spiro atoms. The van der Waals surface area contributed by atoms with Gasteiger partial charge in [0.25, 0.3) is 0 Å². The molecule has 4 heteroatoms. The number of nitrogens with zero attached hydrogens (tertiary/aromatic N) is 3. The predicted octanol–water partition coefficient (Wildman–Crippen LogP) is 2.36. The lowest BCUT2D eigenvalue weighted by Crippen LogP contribution is -2.20. The standard InChI is InChI=1S/C14H20N4/c1-11(2)18-9-7-12(17-18)10-14(15-3)13-6-4-5-8-16-13/h4-9,11,14-15H,10H2,1-3H3. The van der Waals surface area contributed by atoms with Crippen LogP contribution in [0.2, 0.25) is 0 Å². The summed E-state index contributed by atoms with van der Waals surface area (Å²) in [6.45, 7) is 4.26. The molecule has 2 rings (SSSR count). The molecule has 0 saturated carbocycles. The summed E-state index contributed by atoms with van der Waals surface area (Å²) in [4.78, 5) is 4.39. The van der Waals surface area contributed by atoms with Crippen molar-refractivity contribution in [3.8, 4) is 0 Å². The van der Waals surface area contributed by atoms with E-state index in [2.05, 4.69) is 35.3 Å². The average Bonchev–Trinajstić information content (AvgIpc) is 2.86. The topological polar surface area (TPSA) is 42.7 Å². The Labute approximate surface area is 108 Å². The van der Waals surface area contributed by atoms with E-state index in [-0.39, 0.29) is 6.04 Å². The predicted molar refractivity (Wildman–Crippen MR) is 72.4 cm³/mol. The first kappa shape index (κ1) is 12.8. The van der Waals surface area contributed by atoms with Gasteiger partial charge in [-0.1, -0.05) is 6.07 Å². The molecule has 2 heterocycles. The number of likely N-dealkylation sites (N-methyl/N-ethyl adjacent to an activating group) is 1. The second-order valence-electron chi connectivity index (χ2n) is 4.68. The van der Waals surface area contributed by atoms with Gasteiger partial charge in [-0.3, -0.25) is 9.67 Å². The van der Waals surface area contributed by atoms with E-state index >= 15 is 0 Å². The first-order valence-corrected chi connectivity index (χ1v) is 6.33. The summed E-state index contributed by atoms with van der Waals surface area (Å²) in [7, 11) is 1.96. The average molecular weight is 244 g/mol. The van der Waals surface area contributed by atoms with Gasteiger partial charge in [0.15, 0.2) is 0 Å².